The summed E-state index contributed by atoms with van der Waals surface area (Å²) in [4.78, 5) is 20.5. The number of ether oxygens (including phenoxy) is 2. The molecule has 88 valence electrons. The molecule has 0 saturated carbocycles. The van der Waals surface area contributed by atoms with E-state index in [1.165, 1.54) is 0 Å². The van der Waals surface area contributed by atoms with E-state index in [9.17, 15) is 9.59 Å². The predicted molar refractivity (Wildman–Crippen MR) is 53.8 cm³/mol. The van der Waals surface area contributed by atoms with E-state index < -0.39 is 17.2 Å². The number of carbonyl (C=O) groups excluding carboxylic acids is 1. The number of rotatable bonds is 7. The third-order valence-electron chi connectivity index (χ3n) is 2.52. The zero-order valence-electron chi connectivity index (χ0n) is 9.57. The van der Waals surface area contributed by atoms with Crippen molar-refractivity contribution >= 4 is 12.3 Å². The fourth-order valence-corrected chi connectivity index (χ4v) is 0.832. The smallest absolute Gasteiger partial charge is 0.329 e. The Labute approximate surface area is 89.4 Å². The van der Waals surface area contributed by atoms with Gasteiger partial charge in [-0.05, 0) is 27.7 Å². The van der Waals surface area contributed by atoms with Gasteiger partial charge in [0.05, 0.1) is 11.2 Å². The van der Waals surface area contributed by atoms with Crippen molar-refractivity contribution < 1.29 is 24.2 Å². The van der Waals surface area contributed by atoms with Crippen molar-refractivity contribution in [3.05, 3.63) is 0 Å². The highest BCUT2D eigenvalue weighted by Gasteiger charge is 2.39. The number of carboxylic acid groups (broad SMARTS) is 1. The van der Waals surface area contributed by atoms with Gasteiger partial charge in [0, 0.05) is 0 Å². The topological polar surface area (TPSA) is 72.8 Å². The molecule has 15 heavy (non-hydrogen) atoms. The van der Waals surface area contributed by atoms with E-state index in [4.69, 9.17) is 14.6 Å². The van der Waals surface area contributed by atoms with Gasteiger partial charge in [0.2, 0.25) is 0 Å². The lowest BCUT2D eigenvalue weighted by Gasteiger charge is -2.40. The van der Waals surface area contributed by atoms with Crippen LogP contribution in [0.25, 0.3) is 0 Å². The first-order valence-corrected chi connectivity index (χ1v) is 4.66. The molecule has 0 heterocycles. The van der Waals surface area contributed by atoms with Gasteiger partial charge in [-0.25, -0.2) is 4.79 Å². The van der Waals surface area contributed by atoms with Crippen LogP contribution in [0.1, 0.15) is 27.7 Å². The van der Waals surface area contributed by atoms with Crippen LogP contribution in [0.5, 0.6) is 0 Å². The lowest BCUT2D eigenvalue weighted by atomic mass is 9.89. The Bertz CT molecular complexity index is 232. The van der Waals surface area contributed by atoms with Crippen molar-refractivity contribution in [3.63, 3.8) is 0 Å². The quantitative estimate of drug-likeness (QED) is 0.641. The number of carboxylic acids is 1. The van der Waals surface area contributed by atoms with Crippen molar-refractivity contribution in [1.82, 2.24) is 0 Å². The molecule has 0 aliphatic rings. The minimum absolute atomic E-state index is 0.0349. The normalized spacial score (nSPS) is 12.5. The van der Waals surface area contributed by atoms with Crippen LogP contribution < -0.4 is 0 Å². The molecule has 0 aliphatic heterocycles. The lowest BCUT2D eigenvalue weighted by molar-refractivity contribution is -0.185. The summed E-state index contributed by atoms with van der Waals surface area (Å²) in [5.41, 5.74) is -1.52. The first-order chi connectivity index (χ1) is 6.73. The molecule has 0 aromatic carbocycles. The Morgan fingerprint density at radius 2 is 1.67 bits per heavy atom. The number of aldehydes is 1. The monoisotopic (exact) mass is 218 g/mol. The van der Waals surface area contributed by atoms with Crippen molar-refractivity contribution in [2.24, 2.45) is 0 Å². The molecule has 0 fully saturated rings. The number of carbonyl (C=O) groups is 2. The van der Waals surface area contributed by atoms with Gasteiger partial charge in [-0.1, -0.05) is 0 Å². The second kappa shape index (κ2) is 5.23. The fraction of sp³-hybridized carbons (Fsp3) is 0.800. The first kappa shape index (κ1) is 14.1. The maximum absolute atomic E-state index is 10.4. The molecular formula is C10H18O5. The number of aliphatic carboxylic acids is 1. The summed E-state index contributed by atoms with van der Waals surface area (Å²) >= 11 is 0. The van der Waals surface area contributed by atoms with E-state index in [0.717, 1.165) is 0 Å². The van der Waals surface area contributed by atoms with E-state index in [0.29, 0.717) is 6.29 Å². The van der Waals surface area contributed by atoms with Crippen LogP contribution in [0.2, 0.25) is 0 Å². The van der Waals surface area contributed by atoms with Gasteiger partial charge in [-0.2, -0.15) is 0 Å². The molecule has 5 heteroatoms. The third kappa shape index (κ3) is 4.40. The summed E-state index contributed by atoms with van der Waals surface area (Å²) < 4.78 is 10.5. The van der Waals surface area contributed by atoms with Gasteiger partial charge >= 0.3 is 5.97 Å². The number of hydrogen-bond acceptors (Lipinski definition) is 4. The van der Waals surface area contributed by atoms with Crippen molar-refractivity contribution in [2.75, 3.05) is 13.2 Å². The number of hydrogen-bond donors (Lipinski definition) is 1. The maximum atomic E-state index is 10.4. The van der Waals surface area contributed by atoms with Crippen LogP contribution in [0.15, 0.2) is 0 Å². The molecule has 0 unspecified atom stereocenters. The molecule has 5 nitrogen and oxygen atoms in total. The maximum Gasteiger partial charge on any atom is 0.329 e. The van der Waals surface area contributed by atoms with Crippen LogP contribution in [-0.2, 0) is 19.1 Å². The second-order valence-corrected chi connectivity index (χ2v) is 4.18. The van der Waals surface area contributed by atoms with Crippen LogP contribution in [0.4, 0.5) is 0 Å². The minimum atomic E-state index is -1.03. The Morgan fingerprint density at radius 3 is 2.07 bits per heavy atom. The summed E-state index contributed by atoms with van der Waals surface area (Å²) in [6.45, 7) is 6.52. The summed E-state index contributed by atoms with van der Waals surface area (Å²) in [7, 11) is 0. The molecule has 0 rings (SSSR count). The van der Waals surface area contributed by atoms with Crippen LogP contribution in [0.3, 0.4) is 0 Å². The second-order valence-electron chi connectivity index (χ2n) is 4.18. The fourth-order valence-electron chi connectivity index (χ4n) is 0.832. The van der Waals surface area contributed by atoms with Crippen molar-refractivity contribution in [3.8, 4) is 0 Å². The van der Waals surface area contributed by atoms with Crippen molar-refractivity contribution in [2.45, 2.75) is 38.9 Å². The van der Waals surface area contributed by atoms with E-state index in [-0.39, 0.29) is 13.2 Å². The average molecular weight is 218 g/mol. The molecule has 0 aromatic rings. The Balaban J connectivity index is 4.38. The molecule has 0 aliphatic carbocycles. The lowest BCUT2D eigenvalue weighted by Crippen LogP contribution is -2.50. The molecular weight excluding hydrogens is 200 g/mol. The van der Waals surface area contributed by atoms with Crippen LogP contribution in [-0.4, -0.2) is 41.8 Å². The first-order valence-electron chi connectivity index (χ1n) is 4.66. The molecule has 0 aromatic heterocycles. The highest BCUT2D eigenvalue weighted by Crippen LogP contribution is 2.28. The molecule has 0 atom stereocenters. The van der Waals surface area contributed by atoms with E-state index in [1.54, 1.807) is 27.7 Å². The van der Waals surface area contributed by atoms with Gasteiger partial charge in [0.25, 0.3) is 0 Å². The predicted octanol–water partition coefficient (Wildman–Crippen LogP) is 0.860. The highest BCUT2D eigenvalue weighted by molar-refractivity contribution is 5.68. The van der Waals surface area contributed by atoms with E-state index >= 15 is 0 Å². The molecule has 0 radical (unpaired) electrons. The minimum Gasteiger partial charge on any atom is -0.480 e. The van der Waals surface area contributed by atoms with Crippen LogP contribution >= 0.6 is 0 Å². The van der Waals surface area contributed by atoms with Gasteiger partial charge in [0.15, 0.2) is 0 Å². The summed E-state index contributed by atoms with van der Waals surface area (Å²) in [6, 6.07) is 0. The van der Waals surface area contributed by atoms with E-state index in [1.807, 2.05) is 0 Å². The molecule has 0 amide bonds. The third-order valence-corrected chi connectivity index (χ3v) is 2.52. The molecule has 0 bridgehead atoms. The van der Waals surface area contributed by atoms with Crippen molar-refractivity contribution in [1.29, 1.82) is 0 Å². The van der Waals surface area contributed by atoms with Crippen LogP contribution in [0, 0.1) is 0 Å². The molecule has 1 N–H and O–H groups in total. The SMILES string of the molecule is CC(C)(OCC=O)C(C)(C)OCC(=O)O. The highest BCUT2D eigenvalue weighted by atomic mass is 16.6. The standard InChI is InChI=1S/C10H18O5/c1-9(2,14-6-5-11)10(3,4)15-7-8(12)13/h5H,6-7H2,1-4H3,(H,12,13). The largest absolute Gasteiger partial charge is 0.480 e. The summed E-state index contributed by atoms with van der Waals surface area (Å²) in [6.07, 6.45) is 0.648. The zero-order valence-corrected chi connectivity index (χ0v) is 9.57. The molecule has 0 saturated heterocycles. The van der Waals surface area contributed by atoms with Gasteiger partial charge < -0.3 is 19.4 Å². The summed E-state index contributed by atoms with van der Waals surface area (Å²) in [5, 5.41) is 8.50. The van der Waals surface area contributed by atoms with Gasteiger partial charge in [0.1, 0.15) is 19.5 Å². The average Bonchev–Trinajstić information content (AvgIpc) is 2.11. The summed E-state index contributed by atoms with van der Waals surface area (Å²) in [5.74, 6) is -1.03. The Hall–Kier alpha value is -0.940. The van der Waals surface area contributed by atoms with Gasteiger partial charge in [-0.15, -0.1) is 0 Å². The van der Waals surface area contributed by atoms with Gasteiger partial charge in [-0.3, -0.25) is 0 Å². The zero-order chi connectivity index (χ0) is 12.1. The van der Waals surface area contributed by atoms with E-state index in [2.05, 4.69) is 0 Å². The Morgan fingerprint density at radius 1 is 1.20 bits per heavy atom. The Kier molecular flexibility index (Phi) is 4.90. The molecule has 0 spiro atoms.